The molecular formula is C27H29N3O2S3. The van der Waals surface area contributed by atoms with Crippen molar-refractivity contribution in [1.82, 2.24) is 14.3 Å². The Hall–Kier alpha value is -2.42. The van der Waals surface area contributed by atoms with Gasteiger partial charge >= 0.3 is 0 Å². The van der Waals surface area contributed by atoms with E-state index in [1.54, 1.807) is 21.6 Å². The van der Waals surface area contributed by atoms with Gasteiger partial charge in [-0.2, -0.15) is 0 Å². The number of hydrogen-bond donors (Lipinski definition) is 0. The molecule has 0 radical (unpaired) electrons. The van der Waals surface area contributed by atoms with E-state index in [2.05, 4.69) is 13.8 Å². The van der Waals surface area contributed by atoms with Crippen molar-refractivity contribution >= 4 is 57.7 Å². The number of unbranched alkanes of at least 4 members (excludes halogenated alkanes) is 1. The van der Waals surface area contributed by atoms with Gasteiger partial charge in [0.2, 0.25) is 0 Å². The molecule has 1 amide bonds. The summed E-state index contributed by atoms with van der Waals surface area (Å²) >= 11 is 8.27. The lowest BCUT2D eigenvalue weighted by atomic mass is 9.99. The third-order valence-electron chi connectivity index (χ3n) is 6.14. The van der Waals surface area contributed by atoms with Crippen molar-refractivity contribution in [3.63, 3.8) is 0 Å². The van der Waals surface area contributed by atoms with Crippen LogP contribution in [0.3, 0.4) is 0 Å². The van der Waals surface area contributed by atoms with Crippen molar-refractivity contribution in [1.29, 1.82) is 0 Å². The topological polar surface area (TPSA) is 54.7 Å². The Balaban J connectivity index is 1.74. The normalized spacial score (nSPS) is 16.0. The molecule has 1 unspecified atom stereocenters. The smallest absolute Gasteiger partial charge is 0.266 e. The highest BCUT2D eigenvalue weighted by Crippen LogP contribution is 2.36. The Bertz CT molecular complexity index is 1330. The summed E-state index contributed by atoms with van der Waals surface area (Å²) in [6.45, 7) is 6.90. The second-order valence-electron chi connectivity index (χ2n) is 8.64. The average Bonchev–Trinajstić information content (AvgIpc) is 3.12. The number of aromatic nitrogens is 2. The number of amides is 1. The molecule has 1 aliphatic rings. The van der Waals surface area contributed by atoms with Crippen molar-refractivity contribution < 1.29 is 4.79 Å². The van der Waals surface area contributed by atoms with E-state index in [4.69, 9.17) is 17.2 Å². The van der Waals surface area contributed by atoms with Crippen molar-refractivity contribution in [3.05, 3.63) is 75.0 Å². The monoisotopic (exact) mass is 523 g/mol. The van der Waals surface area contributed by atoms with Crippen molar-refractivity contribution in [2.75, 3.05) is 6.54 Å². The fourth-order valence-corrected chi connectivity index (χ4v) is 6.22. The Morgan fingerprint density at radius 3 is 2.63 bits per heavy atom. The van der Waals surface area contributed by atoms with Gasteiger partial charge in [-0.15, -0.1) is 0 Å². The summed E-state index contributed by atoms with van der Waals surface area (Å²) in [5.41, 5.74) is 1.73. The predicted octanol–water partition coefficient (Wildman–Crippen LogP) is 6.57. The SMILES string of the molecule is CCCCC(CC)CN1C(=O)/C(=C/c2c(Sc3ccccc3)nc3c(C)cccn3c2=O)SC1=S. The van der Waals surface area contributed by atoms with Crippen molar-refractivity contribution in [2.24, 2.45) is 5.92 Å². The zero-order valence-corrected chi connectivity index (χ0v) is 22.6. The minimum absolute atomic E-state index is 0.126. The van der Waals surface area contributed by atoms with E-state index in [1.165, 1.54) is 23.5 Å². The maximum atomic E-state index is 13.6. The molecule has 1 aromatic carbocycles. The summed E-state index contributed by atoms with van der Waals surface area (Å²) in [5.74, 6) is 0.288. The van der Waals surface area contributed by atoms with Crippen LogP contribution < -0.4 is 5.56 Å². The second kappa shape index (κ2) is 11.5. The number of hydrogen-bond acceptors (Lipinski definition) is 6. The number of benzene rings is 1. The van der Waals surface area contributed by atoms with Crippen LogP contribution in [0.2, 0.25) is 0 Å². The predicted molar refractivity (Wildman–Crippen MR) is 150 cm³/mol. The zero-order chi connectivity index (χ0) is 24.9. The van der Waals surface area contributed by atoms with E-state index in [0.717, 1.165) is 36.1 Å². The highest BCUT2D eigenvalue weighted by molar-refractivity contribution is 8.26. The molecule has 1 atom stereocenters. The van der Waals surface area contributed by atoms with E-state index >= 15 is 0 Å². The number of nitrogens with zero attached hydrogens (tertiary/aromatic N) is 3. The third kappa shape index (κ3) is 5.71. The van der Waals surface area contributed by atoms with Gasteiger partial charge in [0.15, 0.2) is 0 Å². The van der Waals surface area contributed by atoms with Crippen molar-refractivity contribution in [3.8, 4) is 0 Å². The van der Waals surface area contributed by atoms with Gasteiger partial charge in [0.1, 0.15) is 15.0 Å². The first-order chi connectivity index (χ1) is 16.9. The number of thioether (sulfide) groups is 1. The van der Waals surface area contributed by atoms with Crippen LogP contribution in [0.1, 0.15) is 50.7 Å². The highest BCUT2D eigenvalue weighted by atomic mass is 32.2. The summed E-state index contributed by atoms with van der Waals surface area (Å²) in [6.07, 6.45) is 7.76. The molecule has 4 rings (SSSR count). The number of carbonyl (C=O) groups is 1. The van der Waals surface area contributed by atoms with E-state index in [-0.39, 0.29) is 11.5 Å². The van der Waals surface area contributed by atoms with Crippen LogP contribution in [0.15, 0.2) is 68.3 Å². The van der Waals surface area contributed by atoms with Crippen LogP contribution in [0, 0.1) is 12.8 Å². The number of pyridine rings is 1. The maximum Gasteiger partial charge on any atom is 0.266 e. The first-order valence-electron chi connectivity index (χ1n) is 11.9. The van der Waals surface area contributed by atoms with Gasteiger partial charge in [0.25, 0.3) is 11.5 Å². The summed E-state index contributed by atoms with van der Waals surface area (Å²) < 4.78 is 2.10. The number of rotatable bonds is 9. The molecule has 3 heterocycles. The van der Waals surface area contributed by atoms with Gasteiger partial charge in [0.05, 0.1) is 10.5 Å². The van der Waals surface area contributed by atoms with Gasteiger partial charge < -0.3 is 0 Å². The fraction of sp³-hybridized carbons (Fsp3) is 0.333. The molecule has 3 aromatic rings. The minimum Gasteiger partial charge on any atom is -0.293 e. The molecule has 1 saturated heterocycles. The molecule has 35 heavy (non-hydrogen) atoms. The number of thiocarbonyl (C=S) groups is 1. The maximum absolute atomic E-state index is 13.6. The van der Waals surface area contributed by atoms with Crippen LogP contribution in [0.25, 0.3) is 11.7 Å². The summed E-state index contributed by atoms with van der Waals surface area (Å²) in [4.78, 5) is 34.9. The molecule has 1 aliphatic heterocycles. The number of fused-ring (bicyclic) bond motifs is 1. The minimum atomic E-state index is -0.197. The Morgan fingerprint density at radius 2 is 1.91 bits per heavy atom. The Morgan fingerprint density at radius 1 is 1.14 bits per heavy atom. The molecule has 182 valence electrons. The van der Waals surface area contributed by atoms with E-state index in [0.29, 0.717) is 37.9 Å². The third-order valence-corrected chi connectivity index (χ3v) is 8.53. The van der Waals surface area contributed by atoms with E-state index < -0.39 is 0 Å². The molecule has 0 aliphatic carbocycles. The second-order valence-corrected chi connectivity index (χ2v) is 11.4. The van der Waals surface area contributed by atoms with Crippen LogP contribution >= 0.6 is 35.7 Å². The molecular weight excluding hydrogens is 495 g/mol. The number of aryl methyl sites for hydroxylation is 1. The molecule has 0 saturated carbocycles. The van der Waals surface area contributed by atoms with Crippen LogP contribution in [0.5, 0.6) is 0 Å². The lowest BCUT2D eigenvalue weighted by Gasteiger charge is -2.21. The largest absolute Gasteiger partial charge is 0.293 e. The molecule has 1 fully saturated rings. The first-order valence-corrected chi connectivity index (χ1v) is 14.0. The molecule has 8 heteroatoms. The van der Waals surface area contributed by atoms with E-state index in [9.17, 15) is 9.59 Å². The summed E-state index contributed by atoms with van der Waals surface area (Å²) in [6, 6.07) is 13.6. The van der Waals surface area contributed by atoms with Crippen LogP contribution in [-0.2, 0) is 4.79 Å². The first kappa shape index (κ1) is 25.7. The lowest BCUT2D eigenvalue weighted by Crippen LogP contribution is -2.33. The van der Waals surface area contributed by atoms with Gasteiger partial charge in [-0.3, -0.25) is 18.9 Å². The molecule has 0 N–H and O–H groups in total. The van der Waals surface area contributed by atoms with Gasteiger partial charge in [0, 0.05) is 17.6 Å². The molecule has 2 aromatic heterocycles. The fourth-order valence-electron chi connectivity index (χ4n) is 4.06. The number of carbonyl (C=O) groups excluding carboxylic acids is 1. The average molecular weight is 524 g/mol. The quantitative estimate of drug-likeness (QED) is 0.180. The summed E-state index contributed by atoms with van der Waals surface area (Å²) in [7, 11) is 0. The van der Waals surface area contributed by atoms with E-state index in [1.807, 2.05) is 49.4 Å². The van der Waals surface area contributed by atoms with Gasteiger partial charge in [-0.25, -0.2) is 4.98 Å². The molecule has 0 bridgehead atoms. The Labute approximate surface area is 220 Å². The van der Waals surface area contributed by atoms with Crippen LogP contribution in [-0.4, -0.2) is 31.1 Å². The van der Waals surface area contributed by atoms with Crippen LogP contribution in [0.4, 0.5) is 0 Å². The van der Waals surface area contributed by atoms with Gasteiger partial charge in [-0.1, -0.05) is 93.1 Å². The lowest BCUT2D eigenvalue weighted by molar-refractivity contribution is -0.122. The standard InChI is InChI=1S/C27H29N3O2S3/c1-4-6-12-19(5-2)17-30-26(32)22(35-27(30)33)16-21-24(34-20-13-8-7-9-14-20)28-23-18(3)11-10-15-29(23)25(21)31/h7-11,13-16,19H,4-6,12,17H2,1-3H3/b22-16-. The highest BCUT2D eigenvalue weighted by Gasteiger charge is 2.33. The Kier molecular flexibility index (Phi) is 8.46. The zero-order valence-electron chi connectivity index (χ0n) is 20.2. The van der Waals surface area contributed by atoms with Crippen molar-refractivity contribution in [2.45, 2.75) is 56.4 Å². The summed E-state index contributed by atoms with van der Waals surface area (Å²) in [5, 5.41) is 0.579. The molecule has 5 nitrogen and oxygen atoms in total. The molecule has 0 spiro atoms. The van der Waals surface area contributed by atoms with Gasteiger partial charge in [-0.05, 0) is 49.1 Å².